The highest BCUT2D eigenvalue weighted by atomic mass is 16.2. The third-order valence-corrected chi connectivity index (χ3v) is 4.23. The molecule has 2 N–H and O–H groups in total. The quantitative estimate of drug-likeness (QED) is 0.871. The Labute approximate surface area is 128 Å². The van der Waals surface area contributed by atoms with Crippen LogP contribution in [0.25, 0.3) is 0 Å². The van der Waals surface area contributed by atoms with Gasteiger partial charge in [0.25, 0.3) is 5.91 Å². The molecule has 116 valence electrons. The predicted molar refractivity (Wildman–Crippen MR) is 80.2 cm³/mol. The van der Waals surface area contributed by atoms with E-state index in [-0.39, 0.29) is 11.8 Å². The van der Waals surface area contributed by atoms with Gasteiger partial charge in [-0.2, -0.15) is 5.10 Å². The third-order valence-electron chi connectivity index (χ3n) is 4.23. The van der Waals surface area contributed by atoms with Crippen molar-refractivity contribution in [1.82, 2.24) is 25.0 Å². The summed E-state index contributed by atoms with van der Waals surface area (Å²) in [6.07, 6.45) is 1.82. The second kappa shape index (κ2) is 5.32. The Morgan fingerprint density at radius 3 is 2.95 bits per heavy atom. The Morgan fingerprint density at radius 1 is 1.50 bits per heavy atom. The lowest BCUT2D eigenvalue weighted by Crippen LogP contribution is -2.53. The maximum absolute atomic E-state index is 12.5. The number of H-pyrrole nitrogens is 1. The van der Waals surface area contributed by atoms with E-state index in [1.54, 1.807) is 13.1 Å². The van der Waals surface area contributed by atoms with Crippen molar-refractivity contribution < 1.29 is 9.59 Å². The van der Waals surface area contributed by atoms with Crippen LogP contribution in [0.15, 0.2) is 18.3 Å². The molecule has 0 aromatic carbocycles. The van der Waals surface area contributed by atoms with Crippen LogP contribution < -0.4 is 5.32 Å². The molecule has 22 heavy (non-hydrogen) atoms. The molecule has 3 rings (SSSR count). The van der Waals surface area contributed by atoms with E-state index in [2.05, 4.69) is 15.5 Å². The smallest absolute Gasteiger partial charge is 0.270 e. The molecule has 7 nitrogen and oxygen atoms in total. The van der Waals surface area contributed by atoms with Gasteiger partial charge >= 0.3 is 0 Å². The zero-order valence-electron chi connectivity index (χ0n) is 12.9. The number of likely N-dealkylation sites (N-methyl/N-ethyl adjacent to an activating group) is 1. The summed E-state index contributed by atoms with van der Waals surface area (Å²) >= 11 is 0. The monoisotopic (exact) mass is 301 g/mol. The van der Waals surface area contributed by atoms with E-state index in [0.717, 1.165) is 17.0 Å². The standard InChI is InChI=1S/C15H19N5O2/c1-9-11(10(2)18-17-9)7-16-14(21)13-8-20-6-4-5-12(20)15(22)19(13)3/h4-6,13H,7-8H2,1-3H3,(H,16,21)(H,17,18). The van der Waals surface area contributed by atoms with Crippen molar-refractivity contribution in [1.29, 1.82) is 0 Å². The first-order chi connectivity index (χ1) is 10.5. The number of hydrogen-bond acceptors (Lipinski definition) is 3. The molecule has 1 aliphatic heterocycles. The average molecular weight is 301 g/mol. The van der Waals surface area contributed by atoms with Crippen molar-refractivity contribution >= 4 is 11.8 Å². The lowest BCUT2D eigenvalue weighted by Gasteiger charge is -2.32. The van der Waals surface area contributed by atoms with Crippen LogP contribution in [-0.4, -0.2) is 44.6 Å². The molecule has 0 spiro atoms. The Bertz CT molecular complexity index is 711. The van der Waals surface area contributed by atoms with Gasteiger partial charge in [-0.25, -0.2) is 0 Å². The number of aryl methyl sites for hydroxylation is 2. The largest absolute Gasteiger partial charge is 0.350 e. The summed E-state index contributed by atoms with van der Waals surface area (Å²) in [5.41, 5.74) is 3.42. The summed E-state index contributed by atoms with van der Waals surface area (Å²) in [6, 6.07) is 3.09. The fourth-order valence-corrected chi connectivity index (χ4v) is 2.79. The molecule has 1 atom stereocenters. The normalized spacial score (nSPS) is 17.5. The van der Waals surface area contributed by atoms with Gasteiger partial charge in [-0.1, -0.05) is 0 Å². The molecule has 0 bridgehead atoms. The molecule has 1 aliphatic rings. The van der Waals surface area contributed by atoms with E-state index < -0.39 is 6.04 Å². The van der Waals surface area contributed by atoms with Gasteiger partial charge in [-0.05, 0) is 26.0 Å². The SMILES string of the molecule is Cc1n[nH]c(C)c1CNC(=O)C1Cn2cccc2C(=O)N1C. The van der Waals surface area contributed by atoms with E-state index in [4.69, 9.17) is 0 Å². The summed E-state index contributed by atoms with van der Waals surface area (Å²) in [6.45, 7) is 4.70. The molecule has 2 aromatic rings. The first-order valence-electron chi connectivity index (χ1n) is 7.19. The minimum atomic E-state index is -0.500. The number of hydrogen-bond donors (Lipinski definition) is 2. The molecule has 0 radical (unpaired) electrons. The number of fused-ring (bicyclic) bond motifs is 1. The van der Waals surface area contributed by atoms with E-state index in [9.17, 15) is 9.59 Å². The van der Waals surface area contributed by atoms with Crippen LogP contribution in [-0.2, 0) is 17.9 Å². The Hall–Kier alpha value is -2.57. The first kappa shape index (κ1) is 14.4. The number of nitrogens with one attached hydrogen (secondary N) is 2. The molecule has 1 unspecified atom stereocenters. The van der Waals surface area contributed by atoms with Gasteiger partial charge in [0.05, 0.1) is 12.2 Å². The number of nitrogens with zero attached hydrogens (tertiary/aromatic N) is 3. The van der Waals surface area contributed by atoms with Gasteiger partial charge in [-0.15, -0.1) is 0 Å². The van der Waals surface area contributed by atoms with Crippen LogP contribution in [0.4, 0.5) is 0 Å². The number of amides is 2. The molecule has 0 aliphatic carbocycles. The minimum Gasteiger partial charge on any atom is -0.350 e. The minimum absolute atomic E-state index is 0.132. The summed E-state index contributed by atoms with van der Waals surface area (Å²) in [7, 11) is 1.66. The molecule has 3 heterocycles. The number of carbonyl (C=O) groups is 2. The number of aromatic nitrogens is 3. The third kappa shape index (κ3) is 2.28. The van der Waals surface area contributed by atoms with Crippen molar-refractivity contribution in [2.45, 2.75) is 33.0 Å². The lowest BCUT2D eigenvalue weighted by atomic mass is 10.1. The molecule has 0 saturated heterocycles. The van der Waals surface area contributed by atoms with Crippen LogP contribution >= 0.6 is 0 Å². The van der Waals surface area contributed by atoms with Crippen LogP contribution in [0.2, 0.25) is 0 Å². The number of aromatic amines is 1. The van der Waals surface area contributed by atoms with Crippen molar-refractivity contribution in [3.05, 3.63) is 41.0 Å². The molecular formula is C15H19N5O2. The Morgan fingerprint density at radius 2 is 2.27 bits per heavy atom. The summed E-state index contributed by atoms with van der Waals surface area (Å²) in [5, 5.41) is 9.91. The van der Waals surface area contributed by atoms with Crippen molar-refractivity contribution in [2.75, 3.05) is 7.05 Å². The Kier molecular flexibility index (Phi) is 3.48. The van der Waals surface area contributed by atoms with Crippen LogP contribution in [0.5, 0.6) is 0 Å². The van der Waals surface area contributed by atoms with Crippen LogP contribution in [0.1, 0.15) is 27.4 Å². The first-order valence-corrected chi connectivity index (χ1v) is 7.19. The van der Waals surface area contributed by atoms with Gasteiger partial charge in [-0.3, -0.25) is 14.7 Å². The van der Waals surface area contributed by atoms with Gasteiger partial charge in [0, 0.05) is 31.0 Å². The van der Waals surface area contributed by atoms with E-state index in [1.807, 2.05) is 30.7 Å². The van der Waals surface area contributed by atoms with Crippen molar-refractivity contribution in [3.8, 4) is 0 Å². The van der Waals surface area contributed by atoms with E-state index in [0.29, 0.717) is 18.8 Å². The lowest BCUT2D eigenvalue weighted by molar-refractivity contribution is -0.126. The van der Waals surface area contributed by atoms with Crippen molar-refractivity contribution in [3.63, 3.8) is 0 Å². The Balaban J connectivity index is 1.72. The molecule has 7 heteroatoms. The van der Waals surface area contributed by atoms with Gasteiger partial charge in [0.2, 0.25) is 5.91 Å². The zero-order chi connectivity index (χ0) is 15.9. The van der Waals surface area contributed by atoms with Gasteiger partial charge in [0.1, 0.15) is 11.7 Å². The number of rotatable bonds is 3. The molecular weight excluding hydrogens is 282 g/mol. The highest BCUT2D eigenvalue weighted by molar-refractivity contribution is 5.97. The second-order valence-corrected chi connectivity index (χ2v) is 5.61. The summed E-state index contributed by atoms with van der Waals surface area (Å²) < 4.78 is 1.82. The molecule has 0 saturated carbocycles. The summed E-state index contributed by atoms with van der Waals surface area (Å²) in [5.74, 6) is -0.290. The molecule has 2 aromatic heterocycles. The topological polar surface area (TPSA) is 83.0 Å². The van der Waals surface area contributed by atoms with E-state index in [1.165, 1.54) is 4.90 Å². The molecule has 0 fully saturated rings. The van der Waals surface area contributed by atoms with E-state index >= 15 is 0 Å². The fraction of sp³-hybridized carbons (Fsp3) is 0.400. The second-order valence-electron chi connectivity index (χ2n) is 5.61. The maximum Gasteiger partial charge on any atom is 0.270 e. The zero-order valence-corrected chi connectivity index (χ0v) is 12.9. The average Bonchev–Trinajstić information content (AvgIpc) is 3.08. The van der Waals surface area contributed by atoms with Crippen LogP contribution in [0, 0.1) is 13.8 Å². The number of carbonyl (C=O) groups excluding carboxylic acids is 2. The van der Waals surface area contributed by atoms with Crippen LogP contribution in [0.3, 0.4) is 0 Å². The summed E-state index contributed by atoms with van der Waals surface area (Å²) in [4.78, 5) is 26.2. The molecule has 2 amide bonds. The maximum atomic E-state index is 12.5. The van der Waals surface area contributed by atoms with Crippen molar-refractivity contribution in [2.24, 2.45) is 0 Å². The fourth-order valence-electron chi connectivity index (χ4n) is 2.79. The highest BCUT2D eigenvalue weighted by Gasteiger charge is 2.33. The predicted octanol–water partition coefficient (Wildman–Crippen LogP) is 0.599. The van der Waals surface area contributed by atoms with Gasteiger partial charge < -0.3 is 14.8 Å². The van der Waals surface area contributed by atoms with Gasteiger partial charge in [0.15, 0.2) is 0 Å². The highest BCUT2D eigenvalue weighted by Crippen LogP contribution is 2.17.